The molecular formula is C13H8ClF4N. The molecule has 0 radical (unpaired) electrons. The van der Waals surface area contributed by atoms with E-state index in [0.717, 1.165) is 6.07 Å². The van der Waals surface area contributed by atoms with Crippen LogP contribution in [-0.4, -0.2) is 0 Å². The van der Waals surface area contributed by atoms with Gasteiger partial charge in [0.15, 0.2) is 0 Å². The van der Waals surface area contributed by atoms with Crippen LogP contribution in [0.15, 0.2) is 36.4 Å². The maximum absolute atomic E-state index is 13.5. The standard InChI is InChI=1S/C13H8ClF4N/c14-8-2-3-9(12(19)6-8)7-1-4-10(11(15)5-7)13(16,17)18/h1-6H,19H2. The normalized spacial score (nSPS) is 11.6. The highest BCUT2D eigenvalue weighted by molar-refractivity contribution is 6.31. The van der Waals surface area contributed by atoms with E-state index in [0.29, 0.717) is 16.7 Å². The van der Waals surface area contributed by atoms with Gasteiger partial charge in [-0.25, -0.2) is 4.39 Å². The van der Waals surface area contributed by atoms with E-state index in [1.807, 2.05) is 0 Å². The van der Waals surface area contributed by atoms with Crippen molar-refractivity contribution >= 4 is 17.3 Å². The summed E-state index contributed by atoms with van der Waals surface area (Å²) in [4.78, 5) is 0. The summed E-state index contributed by atoms with van der Waals surface area (Å²) in [5.41, 5.74) is 5.36. The van der Waals surface area contributed by atoms with Gasteiger partial charge in [-0.15, -0.1) is 0 Å². The van der Waals surface area contributed by atoms with Gasteiger partial charge in [-0.2, -0.15) is 13.2 Å². The first-order valence-electron chi connectivity index (χ1n) is 5.21. The number of rotatable bonds is 1. The number of nitrogen functional groups attached to an aromatic ring is 1. The second-order valence-corrected chi connectivity index (χ2v) is 4.36. The molecule has 0 saturated carbocycles. The fourth-order valence-corrected chi connectivity index (χ4v) is 1.89. The summed E-state index contributed by atoms with van der Waals surface area (Å²) >= 11 is 5.72. The predicted molar refractivity (Wildman–Crippen MR) is 66.3 cm³/mol. The first kappa shape index (κ1) is 13.7. The monoisotopic (exact) mass is 289 g/mol. The third-order valence-electron chi connectivity index (χ3n) is 2.60. The predicted octanol–water partition coefficient (Wildman–Crippen LogP) is 4.75. The van der Waals surface area contributed by atoms with Crippen LogP contribution in [0.1, 0.15) is 5.56 Å². The average molecular weight is 290 g/mol. The summed E-state index contributed by atoms with van der Waals surface area (Å²) in [6.45, 7) is 0. The Hall–Kier alpha value is -1.75. The lowest BCUT2D eigenvalue weighted by molar-refractivity contribution is -0.139. The summed E-state index contributed by atoms with van der Waals surface area (Å²) in [6, 6.07) is 7.18. The van der Waals surface area contributed by atoms with E-state index in [1.165, 1.54) is 24.3 Å². The Morgan fingerprint density at radius 3 is 2.21 bits per heavy atom. The molecule has 0 saturated heterocycles. The SMILES string of the molecule is Nc1cc(Cl)ccc1-c1ccc(C(F)(F)F)c(F)c1. The molecule has 0 aliphatic carbocycles. The van der Waals surface area contributed by atoms with Gasteiger partial charge < -0.3 is 5.73 Å². The van der Waals surface area contributed by atoms with Crippen molar-refractivity contribution in [1.82, 2.24) is 0 Å². The zero-order chi connectivity index (χ0) is 14.2. The molecule has 2 N–H and O–H groups in total. The molecule has 0 fully saturated rings. The van der Waals surface area contributed by atoms with Gasteiger partial charge in [0, 0.05) is 16.3 Å². The van der Waals surface area contributed by atoms with Crippen LogP contribution >= 0.6 is 11.6 Å². The van der Waals surface area contributed by atoms with Crippen molar-refractivity contribution in [1.29, 1.82) is 0 Å². The molecule has 0 aliphatic rings. The molecule has 2 aromatic rings. The Labute approximate surface area is 111 Å². The van der Waals surface area contributed by atoms with Crippen molar-refractivity contribution in [2.75, 3.05) is 5.73 Å². The van der Waals surface area contributed by atoms with E-state index in [2.05, 4.69) is 0 Å². The van der Waals surface area contributed by atoms with E-state index < -0.39 is 17.6 Å². The van der Waals surface area contributed by atoms with Crippen LogP contribution in [0.2, 0.25) is 5.02 Å². The molecule has 0 amide bonds. The van der Waals surface area contributed by atoms with Crippen LogP contribution in [-0.2, 0) is 6.18 Å². The Morgan fingerprint density at radius 2 is 1.68 bits per heavy atom. The highest BCUT2D eigenvalue weighted by Crippen LogP contribution is 2.35. The molecule has 100 valence electrons. The highest BCUT2D eigenvalue weighted by atomic mass is 35.5. The molecular weight excluding hydrogens is 282 g/mol. The molecule has 19 heavy (non-hydrogen) atoms. The Kier molecular flexibility index (Phi) is 3.41. The fraction of sp³-hybridized carbons (Fsp3) is 0.0769. The Balaban J connectivity index is 2.51. The molecule has 0 aliphatic heterocycles. The van der Waals surface area contributed by atoms with Crippen molar-refractivity contribution < 1.29 is 17.6 Å². The molecule has 2 aromatic carbocycles. The van der Waals surface area contributed by atoms with E-state index in [4.69, 9.17) is 17.3 Å². The summed E-state index contributed by atoms with van der Waals surface area (Å²) in [5, 5.41) is 0.397. The molecule has 0 spiro atoms. The lowest BCUT2D eigenvalue weighted by Crippen LogP contribution is -2.07. The molecule has 1 nitrogen and oxygen atoms in total. The first-order chi connectivity index (χ1) is 8.79. The minimum absolute atomic E-state index is 0.264. The molecule has 2 rings (SSSR count). The zero-order valence-electron chi connectivity index (χ0n) is 9.43. The first-order valence-corrected chi connectivity index (χ1v) is 5.59. The molecule has 0 atom stereocenters. The van der Waals surface area contributed by atoms with E-state index >= 15 is 0 Å². The number of hydrogen-bond donors (Lipinski definition) is 1. The van der Waals surface area contributed by atoms with Crippen LogP contribution in [0.5, 0.6) is 0 Å². The molecule has 0 heterocycles. The quantitative estimate of drug-likeness (QED) is 0.595. The molecule has 0 aromatic heterocycles. The number of alkyl halides is 3. The van der Waals surface area contributed by atoms with Crippen molar-refractivity contribution in [3.8, 4) is 11.1 Å². The van der Waals surface area contributed by atoms with Gasteiger partial charge in [-0.3, -0.25) is 0 Å². The van der Waals surface area contributed by atoms with Crippen molar-refractivity contribution in [3.63, 3.8) is 0 Å². The average Bonchev–Trinajstić information content (AvgIpc) is 2.26. The minimum Gasteiger partial charge on any atom is -0.398 e. The van der Waals surface area contributed by atoms with Crippen LogP contribution in [0.25, 0.3) is 11.1 Å². The third kappa shape index (κ3) is 2.81. The topological polar surface area (TPSA) is 26.0 Å². The number of benzene rings is 2. The van der Waals surface area contributed by atoms with Gasteiger partial charge in [0.2, 0.25) is 0 Å². The highest BCUT2D eigenvalue weighted by Gasteiger charge is 2.33. The van der Waals surface area contributed by atoms with E-state index in [9.17, 15) is 17.6 Å². The number of nitrogens with two attached hydrogens (primary N) is 1. The van der Waals surface area contributed by atoms with Gasteiger partial charge in [0.25, 0.3) is 0 Å². The zero-order valence-corrected chi connectivity index (χ0v) is 10.2. The minimum atomic E-state index is -4.71. The van der Waals surface area contributed by atoms with E-state index in [-0.39, 0.29) is 11.3 Å². The Bertz CT molecular complexity index is 623. The Morgan fingerprint density at radius 1 is 1.00 bits per heavy atom. The largest absolute Gasteiger partial charge is 0.419 e. The van der Waals surface area contributed by atoms with Crippen molar-refractivity contribution in [2.24, 2.45) is 0 Å². The molecule has 0 bridgehead atoms. The summed E-state index contributed by atoms with van der Waals surface area (Å²) in [7, 11) is 0. The maximum atomic E-state index is 13.5. The number of halogens is 5. The van der Waals surface area contributed by atoms with E-state index in [1.54, 1.807) is 0 Å². The van der Waals surface area contributed by atoms with Crippen LogP contribution in [0.4, 0.5) is 23.2 Å². The van der Waals surface area contributed by atoms with Crippen LogP contribution in [0.3, 0.4) is 0 Å². The summed E-state index contributed by atoms with van der Waals surface area (Å²) in [5.74, 6) is -1.33. The van der Waals surface area contributed by atoms with Gasteiger partial charge in [-0.1, -0.05) is 23.7 Å². The summed E-state index contributed by atoms with van der Waals surface area (Å²) in [6.07, 6.45) is -4.71. The molecule has 0 unspecified atom stereocenters. The molecule has 6 heteroatoms. The van der Waals surface area contributed by atoms with Gasteiger partial charge >= 0.3 is 6.18 Å². The lowest BCUT2D eigenvalue weighted by atomic mass is 10.0. The number of hydrogen-bond acceptors (Lipinski definition) is 1. The third-order valence-corrected chi connectivity index (χ3v) is 2.83. The van der Waals surface area contributed by atoms with Crippen molar-refractivity contribution in [2.45, 2.75) is 6.18 Å². The van der Waals surface area contributed by atoms with Gasteiger partial charge in [0.1, 0.15) is 5.82 Å². The fourth-order valence-electron chi connectivity index (χ4n) is 1.71. The second-order valence-electron chi connectivity index (χ2n) is 3.92. The summed E-state index contributed by atoms with van der Waals surface area (Å²) < 4.78 is 50.8. The number of anilines is 1. The van der Waals surface area contributed by atoms with Crippen molar-refractivity contribution in [3.05, 3.63) is 52.8 Å². The maximum Gasteiger partial charge on any atom is 0.419 e. The van der Waals surface area contributed by atoms with Crippen LogP contribution in [0, 0.1) is 5.82 Å². The second kappa shape index (κ2) is 4.74. The lowest BCUT2D eigenvalue weighted by Gasteiger charge is -2.11. The van der Waals surface area contributed by atoms with Gasteiger partial charge in [-0.05, 0) is 29.8 Å². The van der Waals surface area contributed by atoms with Crippen LogP contribution < -0.4 is 5.73 Å². The van der Waals surface area contributed by atoms with Gasteiger partial charge in [0.05, 0.1) is 5.56 Å². The smallest absolute Gasteiger partial charge is 0.398 e.